The predicted molar refractivity (Wildman–Crippen MR) is 129 cm³/mol. The zero-order valence-corrected chi connectivity index (χ0v) is 18.9. The number of hydrogen-bond acceptors (Lipinski definition) is 7. The Kier molecular flexibility index (Phi) is 6.41. The SMILES string of the molecule is CN(OCc1ccccc1)c1nc(CN2CCOCC2)nc2scc(-c3ccccc3)c12. The minimum absolute atomic E-state index is 0.479. The standard InChI is InChI=1S/C25H26N4O2S/c1-28(31-17-19-8-4-2-5-9-19)24-23-21(20-10-6-3-7-11-20)18-32-25(23)27-22(26-24)16-29-12-14-30-15-13-29/h2-11,18H,12-17H2,1H3. The van der Waals surface area contributed by atoms with Crippen molar-refractivity contribution in [1.82, 2.24) is 14.9 Å². The lowest BCUT2D eigenvalue weighted by molar-refractivity contribution is 0.0330. The van der Waals surface area contributed by atoms with Crippen LogP contribution in [0.4, 0.5) is 5.82 Å². The molecule has 3 heterocycles. The molecule has 0 spiro atoms. The molecule has 5 rings (SSSR count). The van der Waals surface area contributed by atoms with Gasteiger partial charge in [-0.2, -0.15) is 0 Å². The van der Waals surface area contributed by atoms with Crippen LogP contribution < -0.4 is 5.06 Å². The lowest BCUT2D eigenvalue weighted by Gasteiger charge is -2.26. The van der Waals surface area contributed by atoms with Crippen molar-refractivity contribution in [1.29, 1.82) is 0 Å². The molecule has 0 unspecified atom stereocenters. The number of morpholine rings is 1. The molecule has 32 heavy (non-hydrogen) atoms. The highest BCUT2D eigenvalue weighted by Crippen LogP contribution is 2.38. The average Bonchev–Trinajstić information content (AvgIpc) is 3.28. The second-order valence-corrected chi connectivity index (χ2v) is 8.66. The van der Waals surface area contributed by atoms with Gasteiger partial charge in [-0.05, 0) is 11.1 Å². The number of fused-ring (bicyclic) bond motifs is 1. The molecule has 1 saturated heterocycles. The molecule has 4 aromatic rings. The predicted octanol–water partition coefficient (Wildman–Crippen LogP) is 4.76. The molecular weight excluding hydrogens is 420 g/mol. The third kappa shape index (κ3) is 4.66. The minimum atomic E-state index is 0.479. The molecule has 164 valence electrons. The second-order valence-electron chi connectivity index (χ2n) is 7.80. The Balaban J connectivity index is 1.51. The summed E-state index contributed by atoms with van der Waals surface area (Å²) in [5.74, 6) is 1.61. The summed E-state index contributed by atoms with van der Waals surface area (Å²) in [4.78, 5) is 19.4. The van der Waals surface area contributed by atoms with Gasteiger partial charge in [0.05, 0.1) is 31.8 Å². The van der Waals surface area contributed by atoms with Gasteiger partial charge in [0.15, 0.2) is 5.82 Å². The van der Waals surface area contributed by atoms with E-state index in [0.29, 0.717) is 13.2 Å². The van der Waals surface area contributed by atoms with Crippen LogP contribution in [-0.4, -0.2) is 48.2 Å². The van der Waals surface area contributed by atoms with Gasteiger partial charge in [0.1, 0.15) is 10.7 Å². The first-order valence-electron chi connectivity index (χ1n) is 10.8. The van der Waals surface area contributed by atoms with E-state index in [1.165, 1.54) is 0 Å². The van der Waals surface area contributed by atoms with Crippen molar-refractivity contribution in [3.05, 3.63) is 77.4 Å². The van der Waals surface area contributed by atoms with Gasteiger partial charge in [-0.25, -0.2) is 15.0 Å². The highest BCUT2D eigenvalue weighted by molar-refractivity contribution is 7.17. The Morgan fingerprint density at radius 1 is 1.00 bits per heavy atom. The number of ether oxygens (including phenoxy) is 1. The van der Waals surface area contributed by atoms with E-state index in [0.717, 1.165) is 64.9 Å². The number of benzene rings is 2. The molecule has 0 N–H and O–H groups in total. The molecular formula is C25H26N4O2S. The number of thiophene rings is 1. The van der Waals surface area contributed by atoms with Crippen LogP contribution in [0, 0.1) is 0 Å². The van der Waals surface area contributed by atoms with Crippen LogP contribution in [0.2, 0.25) is 0 Å². The van der Waals surface area contributed by atoms with Gasteiger partial charge < -0.3 is 4.74 Å². The second kappa shape index (κ2) is 9.75. The molecule has 7 heteroatoms. The molecule has 1 aliphatic heterocycles. The van der Waals surface area contributed by atoms with Crippen LogP contribution in [0.3, 0.4) is 0 Å². The van der Waals surface area contributed by atoms with Crippen LogP contribution >= 0.6 is 11.3 Å². The first kappa shape index (κ1) is 21.0. The molecule has 1 aliphatic rings. The summed E-state index contributed by atoms with van der Waals surface area (Å²) in [6, 6.07) is 20.6. The van der Waals surface area contributed by atoms with Gasteiger partial charge in [-0.1, -0.05) is 60.7 Å². The molecule has 0 atom stereocenters. The first-order chi connectivity index (χ1) is 15.8. The lowest BCUT2D eigenvalue weighted by atomic mass is 10.1. The monoisotopic (exact) mass is 446 g/mol. The molecule has 0 saturated carbocycles. The maximum atomic E-state index is 6.14. The zero-order chi connectivity index (χ0) is 21.8. The van der Waals surface area contributed by atoms with E-state index in [1.54, 1.807) is 16.4 Å². The Labute approximate surface area is 192 Å². The molecule has 0 amide bonds. The minimum Gasteiger partial charge on any atom is -0.379 e. The number of hydroxylamine groups is 1. The van der Waals surface area contributed by atoms with Gasteiger partial charge in [-0.3, -0.25) is 9.74 Å². The summed E-state index contributed by atoms with van der Waals surface area (Å²) in [5, 5.41) is 4.99. The van der Waals surface area contributed by atoms with Crippen molar-refractivity contribution >= 4 is 27.4 Å². The molecule has 6 nitrogen and oxygen atoms in total. The molecule has 0 radical (unpaired) electrons. The number of aromatic nitrogens is 2. The molecule has 1 fully saturated rings. The van der Waals surface area contributed by atoms with E-state index in [4.69, 9.17) is 19.5 Å². The van der Waals surface area contributed by atoms with Crippen LogP contribution in [0.25, 0.3) is 21.3 Å². The van der Waals surface area contributed by atoms with E-state index in [-0.39, 0.29) is 0 Å². The van der Waals surface area contributed by atoms with E-state index in [2.05, 4.69) is 46.7 Å². The number of anilines is 1. The number of nitrogens with zero attached hydrogens (tertiary/aromatic N) is 4. The van der Waals surface area contributed by atoms with Crippen molar-refractivity contribution in [2.24, 2.45) is 0 Å². The Bertz CT molecular complexity index is 1160. The lowest BCUT2D eigenvalue weighted by Crippen LogP contribution is -2.36. The number of hydrogen-bond donors (Lipinski definition) is 0. The fraction of sp³-hybridized carbons (Fsp3) is 0.280. The van der Waals surface area contributed by atoms with Crippen molar-refractivity contribution in [3.8, 4) is 11.1 Å². The molecule has 2 aromatic heterocycles. The van der Waals surface area contributed by atoms with Crippen molar-refractivity contribution < 1.29 is 9.57 Å². The molecule has 0 bridgehead atoms. The van der Waals surface area contributed by atoms with Gasteiger partial charge in [-0.15, -0.1) is 11.3 Å². The normalized spacial score (nSPS) is 14.7. The first-order valence-corrected chi connectivity index (χ1v) is 11.7. The number of rotatable bonds is 7. The largest absolute Gasteiger partial charge is 0.379 e. The molecule has 2 aromatic carbocycles. The van der Waals surface area contributed by atoms with Crippen LogP contribution in [0.15, 0.2) is 66.0 Å². The van der Waals surface area contributed by atoms with Crippen molar-refractivity contribution in [2.75, 3.05) is 38.4 Å². The van der Waals surface area contributed by atoms with Gasteiger partial charge >= 0.3 is 0 Å². The van der Waals surface area contributed by atoms with Crippen molar-refractivity contribution in [2.45, 2.75) is 13.2 Å². The highest BCUT2D eigenvalue weighted by atomic mass is 32.1. The average molecular weight is 447 g/mol. The van der Waals surface area contributed by atoms with Crippen molar-refractivity contribution in [3.63, 3.8) is 0 Å². The van der Waals surface area contributed by atoms with E-state index < -0.39 is 0 Å². The third-order valence-corrected chi connectivity index (χ3v) is 6.45. The summed E-state index contributed by atoms with van der Waals surface area (Å²) in [6.45, 7) is 4.50. The third-order valence-electron chi connectivity index (χ3n) is 5.58. The van der Waals surface area contributed by atoms with Crippen LogP contribution in [0.1, 0.15) is 11.4 Å². The zero-order valence-electron chi connectivity index (χ0n) is 18.1. The molecule has 0 aliphatic carbocycles. The summed E-state index contributed by atoms with van der Waals surface area (Å²) < 4.78 is 5.49. The van der Waals surface area contributed by atoms with Gasteiger partial charge in [0, 0.05) is 31.1 Å². The summed E-state index contributed by atoms with van der Waals surface area (Å²) in [5.41, 5.74) is 3.40. The van der Waals surface area contributed by atoms with Crippen LogP contribution in [-0.2, 0) is 22.7 Å². The van der Waals surface area contributed by atoms with E-state index in [1.807, 2.05) is 31.3 Å². The smallest absolute Gasteiger partial charge is 0.165 e. The Morgan fingerprint density at radius 3 is 2.47 bits per heavy atom. The quantitative estimate of drug-likeness (QED) is 0.382. The fourth-order valence-corrected chi connectivity index (χ4v) is 4.82. The maximum Gasteiger partial charge on any atom is 0.165 e. The van der Waals surface area contributed by atoms with E-state index in [9.17, 15) is 0 Å². The van der Waals surface area contributed by atoms with Gasteiger partial charge in [0.2, 0.25) is 0 Å². The fourth-order valence-electron chi connectivity index (χ4n) is 3.86. The van der Waals surface area contributed by atoms with Crippen LogP contribution in [0.5, 0.6) is 0 Å². The summed E-state index contributed by atoms with van der Waals surface area (Å²) in [6.07, 6.45) is 0. The highest BCUT2D eigenvalue weighted by Gasteiger charge is 2.20. The Morgan fingerprint density at radius 2 is 1.72 bits per heavy atom. The topological polar surface area (TPSA) is 50.7 Å². The van der Waals surface area contributed by atoms with Gasteiger partial charge in [0.25, 0.3) is 0 Å². The summed E-state index contributed by atoms with van der Waals surface area (Å²) in [7, 11) is 1.93. The maximum absolute atomic E-state index is 6.14. The Hall–Kier alpha value is -2.84. The van der Waals surface area contributed by atoms with E-state index >= 15 is 0 Å². The summed E-state index contributed by atoms with van der Waals surface area (Å²) >= 11 is 1.65.